The summed E-state index contributed by atoms with van der Waals surface area (Å²) < 4.78 is 42.4. The van der Waals surface area contributed by atoms with Crippen LogP contribution in [0.15, 0.2) is 41.8 Å². The summed E-state index contributed by atoms with van der Waals surface area (Å²) in [6, 6.07) is 7.56. The summed E-state index contributed by atoms with van der Waals surface area (Å²) in [5, 5.41) is 14.0. The summed E-state index contributed by atoms with van der Waals surface area (Å²) in [5.41, 5.74) is -0.770. The van der Waals surface area contributed by atoms with E-state index < -0.39 is 17.8 Å². The predicted molar refractivity (Wildman–Crippen MR) is 79.6 cm³/mol. The maximum atomic E-state index is 12.4. The molecule has 2 aromatic rings. The fourth-order valence-corrected chi connectivity index (χ4v) is 2.34. The zero-order chi connectivity index (χ0) is 16.9. The van der Waals surface area contributed by atoms with Gasteiger partial charge in [0.1, 0.15) is 18.5 Å². The number of benzene rings is 1. The number of alkyl halides is 3. The second kappa shape index (κ2) is 7.47. The molecule has 0 aliphatic heterocycles. The Balaban J connectivity index is 1.76. The van der Waals surface area contributed by atoms with Crippen molar-refractivity contribution in [2.24, 2.45) is 0 Å². The Bertz CT molecular complexity index is 626. The molecule has 2 N–H and O–H groups in total. The van der Waals surface area contributed by atoms with Crippen LogP contribution in [0.3, 0.4) is 0 Å². The maximum Gasteiger partial charge on any atom is 0.416 e. The standard InChI is InChI=1S/C15H14F3NO3S/c16-15(17,18)10-3-5-12(6-4-10)22-9-11(20)8-19-14(21)13-2-1-7-23-13/h1-7,11,20H,8-9H2,(H,19,21)/t11-/m0/s1. The Morgan fingerprint density at radius 1 is 1.26 bits per heavy atom. The van der Waals surface area contributed by atoms with Crippen molar-refractivity contribution in [3.63, 3.8) is 0 Å². The number of ether oxygens (including phenoxy) is 1. The third kappa shape index (κ3) is 5.26. The van der Waals surface area contributed by atoms with Gasteiger partial charge < -0.3 is 15.2 Å². The molecule has 0 bridgehead atoms. The Kier molecular flexibility index (Phi) is 5.62. The zero-order valence-corrected chi connectivity index (χ0v) is 12.7. The Labute approximate surface area is 134 Å². The van der Waals surface area contributed by atoms with Gasteiger partial charge in [0.25, 0.3) is 5.91 Å². The van der Waals surface area contributed by atoms with Crippen LogP contribution in [0, 0.1) is 0 Å². The van der Waals surface area contributed by atoms with Crippen LogP contribution in [-0.4, -0.2) is 30.3 Å². The quantitative estimate of drug-likeness (QED) is 0.846. The summed E-state index contributed by atoms with van der Waals surface area (Å²) in [7, 11) is 0. The third-order valence-electron chi connectivity index (χ3n) is 2.87. The monoisotopic (exact) mass is 345 g/mol. The van der Waals surface area contributed by atoms with Crippen molar-refractivity contribution in [2.75, 3.05) is 13.2 Å². The minimum atomic E-state index is -4.40. The molecule has 1 heterocycles. The van der Waals surface area contributed by atoms with Gasteiger partial charge >= 0.3 is 6.18 Å². The molecule has 2 rings (SSSR count). The Hall–Kier alpha value is -2.06. The van der Waals surface area contributed by atoms with Crippen LogP contribution in [0.25, 0.3) is 0 Å². The van der Waals surface area contributed by atoms with Crippen LogP contribution < -0.4 is 10.1 Å². The first kappa shape index (κ1) is 17.3. The molecular weight excluding hydrogens is 331 g/mol. The van der Waals surface area contributed by atoms with Crippen LogP contribution in [-0.2, 0) is 6.18 Å². The lowest BCUT2D eigenvalue weighted by Crippen LogP contribution is -2.34. The highest BCUT2D eigenvalue weighted by Gasteiger charge is 2.30. The average Bonchev–Trinajstić information content (AvgIpc) is 3.04. The SMILES string of the molecule is O=C(NC[C@H](O)COc1ccc(C(F)(F)F)cc1)c1cccs1. The Morgan fingerprint density at radius 2 is 1.96 bits per heavy atom. The molecule has 0 unspecified atom stereocenters. The molecule has 1 atom stereocenters. The van der Waals surface area contributed by atoms with Crippen LogP contribution >= 0.6 is 11.3 Å². The van der Waals surface area contributed by atoms with Crippen molar-refractivity contribution in [3.05, 3.63) is 52.2 Å². The van der Waals surface area contributed by atoms with Gasteiger partial charge in [0.2, 0.25) is 0 Å². The molecule has 0 saturated heterocycles. The number of rotatable bonds is 6. The first-order valence-electron chi connectivity index (χ1n) is 6.66. The van der Waals surface area contributed by atoms with Crippen molar-refractivity contribution in [1.82, 2.24) is 5.32 Å². The van der Waals surface area contributed by atoms with E-state index in [4.69, 9.17) is 4.74 Å². The topological polar surface area (TPSA) is 58.6 Å². The van der Waals surface area contributed by atoms with Crippen LogP contribution in [0.2, 0.25) is 0 Å². The van der Waals surface area contributed by atoms with Gasteiger partial charge in [0, 0.05) is 6.54 Å². The highest BCUT2D eigenvalue weighted by Crippen LogP contribution is 2.30. The largest absolute Gasteiger partial charge is 0.491 e. The second-order valence-corrected chi connectivity index (χ2v) is 5.62. The summed E-state index contributed by atoms with van der Waals surface area (Å²) in [4.78, 5) is 12.2. The van der Waals surface area contributed by atoms with E-state index in [0.29, 0.717) is 4.88 Å². The van der Waals surface area contributed by atoms with Gasteiger partial charge in [-0.15, -0.1) is 11.3 Å². The van der Waals surface area contributed by atoms with Crippen LogP contribution in [0.5, 0.6) is 5.75 Å². The molecule has 0 fully saturated rings. The fourth-order valence-electron chi connectivity index (χ4n) is 1.70. The summed E-state index contributed by atoms with van der Waals surface area (Å²) in [6.07, 6.45) is -5.37. The molecule has 0 radical (unpaired) electrons. The molecule has 0 saturated carbocycles. The molecule has 0 aliphatic carbocycles. The van der Waals surface area contributed by atoms with Gasteiger partial charge in [-0.3, -0.25) is 4.79 Å². The molecule has 0 aliphatic rings. The predicted octanol–water partition coefficient (Wildman–Crippen LogP) is 2.94. The Morgan fingerprint density at radius 3 is 2.52 bits per heavy atom. The summed E-state index contributed by atoms with van der Waals surface area (Å²) >= 11 is 1.28. The normalized spacial score (nSPS) is 12.7. The number of halogens is 3. The van der Waals surface area contributed by atoms with Crippen molar-refractivity contribution < 1.29 is 27.8 Å². The van der Waals surface area contributed by atoms with Gasteiger partial charge in [-0.25, -0.2) is 0 Å². The molecule has 8 heteroatoms. The van der Waals surface area contributed by atoms with Crippen LogP contribution in [0.4, 0.5) is 13.2 Å². The van der Waals surface area contributed by atoms with Crippen LogP contribution in [0.1, 0.15) is 15.2 Å². The fraction of sp³-hybridized carbons (Fsp3) is 0.267. The van der Waals surface area contributed by atoms with E-state index in [-0.39, 0.29) is 24.8 Å². The lowest BCUT2D eigenvalue weighted by atomic mass is 10.2. The number of hydrogen-bond acceptors (Lipinski definition) is 4. The molecule has 4 nitrogen and oxygen atoms in total. The van der Waals surface area contributed by atoms with Gasteiger partial charge in [-0.05, 0) is 35.7 Å². The molecule has 1 aromatic heterocycles. The summed E-state index contributed by atoms with van der Waals surface area (Å²) in [5.74, 6) is -0.0878. The molecule has 23 heavy (non-hydrogen) atoms. The number of aliphatic hydroxyl groups excluding tert-OH is 1. The van der Waals surface area contributed by atoms with E-state index in [2.05, 4.69) is 5.32 Å². The van der Waals surface area contributed by atoms with E-state index >= 15 is 0 Å². The number of thiophene rings is 1. The lowest BCUT2D eigenvalue weighted by molar-refractivity contribution is -0.137. The molecule has 124 valence electrons. The molecule has 1 aromatic carbocycles. The summed E-state index contributed by atoms with van der Waals surface area (Å²) in [6.45, 7) is -0.159. The number of hydrogen-bond donors (Lipinski definition) is 2. The second-order valence-electron chi connectivity index (χ2n) is 4.67. The minimum absolute atomic E-state index is 0.0165. The van der Waals surface area contributed by atoms with Crippen molar-refractivity contribution >= 4 is 17.2 Å². The smallest absolute Gasteiger partial charge is 0.416 e. The van der Waals surface area contributed by atoms with Gasteiger partial charge in [-0.1, -0.05) is 6.07 Å². The van der Waals surface area contributed by atoms with E-state index in [9.17, 15) is 23.1 Å². The van der Waals surface area contributed by atoms with Crippen molar-refractivity contribution in [1.29, 1.82) is 0 Å². The zero-order valence-electron chi connectivity index (χ0n) is 11.8. The van der Waals surface area contributed by atoms with Crippen molar-refractivity contribution in [3.8, 4) is 5.75 Å². The first-order chi connectivity index (χ1) is 10.9. The van der Waals surface area contributed by atoms with Gasteiger partial charge in [0.05, 0.1) is 10.4 Å². The van der Waals surface area contributed by atoms with Gasteiger partial charge in [0.15, 0.2) is 0 Å². The van der Waals surface area contributed by atoms with E-state index in [1.165, 1.54) is 23.5 Å². The number of nitrogens with one attached hydrogen (secondary N) is 1. The number of amides is 1. The minimum Gasteiger partial charge on any atom is -0.491 e. The number of carbonyl (C=O) groups is 1. The van der Waals surface area contributed by atoms with E-state index in [1.54, 1.807) is 17.5 Å². The lowest BCUT2D eigenvalue weighted by Gasteiger charge is -2.13. The van der Waals surface area contributed by atoms with E-state index in [0.717, 1.165) is 12.1 Å². The highest BCUT2D eigenvalue weighted by atomic mass is 32.1. The maximum absolute atomic E-state index is 12.4. The molecular formula is C15H14F3NO3S. The number of carbonyl (C=O) groups excluding carboxylic acids is 1. The molecule has 0 spiro atoms. The van der Waals surface area contributed by atoms with Crippen molar-refractivity contribution in [2.45, 2.75) is 12.3 Å². The van der Waals surface area contributed by atoms with E-state index in [1.807, 2.05) is 0 Å². The van der Waals surface area contributed by atoms with Gasteiger partial charge in [-0.2, -0.15) is 13.2 Å². The average molecular weight is 345 g/mol. The third-order valence-corrected chi connectivity index (χ3v) is 3.74. The highest BCUT2D eigenvalue weighted by molar-refractivity contribution is 7.12. The number of aliphatic hydroxyl groups is 1. The first-order valence-corrected chi connectivity index (χ1v) is 7.54. The molecule has 1 amide bonds.